The molecule has 0 aromatic rings. The molecular weight excluding hydrogens is 236 g/mol. The fourth-order valence-electron chi connectivity index (χ4n) is 3.24. The number of hydrogen-bond donors (Lipinski definition) is 0. The summed E-state index contributed by atoms with van der Waals surface area (Å²) in [6.07, 6.45) is 9.84. The van der Waals surface area contributed by atoms with Crippen molar-refractivity contribution in [2.24, 2.45) is 11.3 Å². The molecule has 1 heteroatoms. The van der Waals surface area contributed by atoms with Gasteiger partial charge in [0.2, 0.25) is 0 Å². The van der Waals surface area contributed by atoms with Crippen molar-refractivity contribution in [2.75, 3.05) is 0 Å². The van der Waals surface area contributed by atoms with Gasteiger partial charge in [-0.3, -0.25) is 0 Å². The third-order valence-corrected chi connectivity index (χ3v) is 7.34. The molecule has 0 radical (unpaired) electrons. The van der Waals surface area contributed by atoms with Gasteiger partial charge in [0, 0.05) is 10.00 Å². The maximum Gasteiger partial charge on any atom is 0.0103 e. The molecule has 1 aliphatic carbocycles. The lowest BCUT2D eigenvalue weighted by Gasteiger charge is -2.42. The van der Waals surface area contributed by atoms with E-state index in [1.54, 1.807) is 0 Å². The van der Waals surface area contributed by atoms with Crippen molar-refractivity contribution in [1.29, 1.82) is 0 Å². The van der Waals surface area contributed by atoms with Gasteiger partial charge in [-0.1, -0.05) is 54.4 Å². The van der Waals surface area contributed by atoms with E-state index >= 15 is 0 Å². The van der Waals surface area contributed by atoms with Crippen LogP contribution in [0.2, 0.25) is 0 Å². The van der Waals surface area contributed by atoms with Crippen molar-refractivity contribution in [3.05, 3.63) is 0 Å². The molecule has 0 aliphatic heterocycles. The lowest BCUT2D eigenvalue weighted by atomic mass is 9.67. The van der Waals surface area contributed by atoms with Gasteiger partial charge in [-0.2, -0.15) is 11.8 Å². The fraction of sp³-hybridized carbons (Fsp3) is 1.00. The zero-order valence-corrected chi connectivity index (χ0v) is 14.3. The van der Waals surface area contributed by atoms with Crippen LogP contribution in [0.4, 0.5) is 0 Å². The molecule has 0 heterocycles. The van der Waals surface area contributed by atoms with Crippen LogP contribution in [-0.4, -0.2) is 10.00 Å². The van der Waals surface area contributed by atoms with Gasteiger partial charge in [0.05, 0.1) is 0 Å². The molecule has 0 aromatic carbocycles. The van der Waals surface area contributed by atoms with Crippen LogP contribution in [0.15, 0.2) is 0 Å². The normalized spacial score (nSPS) is 26.3. The van der Waals surface area contributed by atoms with E-state index in [9.17, 15) is 0 Å². The fourth-order valence-corrected chi connectivity index (χ4v) is 4.82. The Bertz CT molecular complexity index is 232. The first-order chi connectivity index (χ1) is 8.37. The quantitative estimate of drug-likeness (QED) is 0.546. The molecule has 1 rings (SSSR count). The Morgan fingerprint density at radius 3 is 1.72 bits per heavy atom. The van der Waals surface area contributed by atoms with E-state index in [-0.39, 0.29) is 0 Å². The highest BCUT2D eigenvalue weighted by Crippen LogP contribution is 2.47. The molecule has 0 N–H and O–H groups in total. The van der Waals surface area contributed by atoms with Crippen molar-refractivity contribution in [1.82, 2.24) is 0 Å². The highest BCUT2D eigenvalue weighted by Gasteiger charge is 2.35. The van der Waals surface area contributed by atoms with E-state index in [1.807, 2.05) is 0 Å². The van der Waals surface area contributed by atoms with Gasteiger partial charge in [-0.15, -0.1) is 0 Å². The SMILES string of the molecule is CCC(C)(C)SC1CCC(C(C)(CC)CC)CC1. The topological polar surface area (TPSA) is 0 Å². The minimum atomic E-state index is 0.482. The Labute approximate surface area is 120 Å². The minimum absolute atomic E-state index is 0.482. The summed E-state index contributed by atoms with van der Waals surface area (Å²) in [7, 11) is 0. The molecule has 1 saturated carbocycles. The molecule has 0 amide bonds. The van der Waals surface area contributed by atoms with E-state index < -0.39 is 0 Å². The van der Waals surface area contributed by atoms with Gasteiger partial charge in [0.25, 0.3) is 0 Å². The second-order valence-electron chi connectivity index (χ2n) is 7.07. The van der Waals surface area contributed by atoms with Gasteiger partial charge in [0.15, 0.2) is 0 Å². The predicted molar refractivity (Wildman–Crippen MR) is 86.4 cm³/mol. The van der Waals surface area contributed by atoms with Crippen molar-refractivity contribution in [2.45, 2.75) is 96.5 Å². The molecule has 0 saturated heterocycles. The Morgan fingerprint density at radius 1 is 0.833 bits per heavy atom. The van der Waals surface area contributed by atoms with Gasteiger partial charge in [-0.05, 0) is 43.4 Å². The number of hydrogen-bond acceptors (Lipinski definition) is 1. The highest BCUT2D eigenvalue weighted by atomic mass is 32.2. The summed E-state index contributed by atoms with van der Waals surface area (Å²) in [4.78, 5) is 0. The molecule has 0 unspecified atom stereocenters. The van der Waals surface area contributed by atoms with Crippen molar-refractivity contribution >= 4 is 11.8 Å². The summed E-state index contributed by atoms with van der Waals surface area (Å²) in [5.74, 6) is 0.981. The third-order valence-electron chi connectivity index (χ3n) is 5.61. The molecular formula is C17H34S. The molecule has 18 heavy (non-hydrogen) atoms. The Balaban J connectivity index is 2.46. The van der Waals surface area contributed by atoms with Crippen molar-refractivity contribution < 1.29 is 0 Å². The average molecular weight is 271 g/mol. The molecule has 0 atom stereocenters. The average Bonchev–Trinajstić information content (AvgIpc) is 2.38. The molecule has 0 bridgehead atoms. The minimum Gasteiger partial charge on any atom is -0.152 e. The Morgan fingerprint density at radius 2 is 1.33 bits per heavy atom. The highest BCUT2D eigenvalue weighted by molar-refractivity contribution is 8.01. The zero-order valence-electron chi connectivity index (χ0n) is 13.5. The van der Waals surface area contributed by atoms with Crippen LogP contribution in [0.1, 0.15) is 86.5 Å². The summed E-state index contributed by atoms with van der Waals surface area (Å²) in [5, 5.41) is 0.925. The lowest BCUT2D eigenvalue weighted by molar-refractivity contribution is 0.127. The van der Waals surface area contributed by atoms with E-state index in [2.05, 4.69) is 53.3 Å². The summed E-state index contributed by atoms with van der Waals surface area (Å²) in [5.41, 5.74) is 0.607. The van der Waals surface area contributed by atoms with Crippen LogP contribution in [0.5, 0.6) is 0 Å². The van der Waals surface area contributed by atoms with Gasteiger partial charge < -0.3 is 0 Å². The van der Waals surface area contributed by atoms with Crippen LogP contribution < -0.4 is 0 Å². The van der Waals surface area contributed by atoms with E-state index in [0.717, 1.165) is 11.2 Å². The molecule has 1 fully saturated rings. The first kappa shape index (κ1) is 16.4. The molecule has 108 valence electrons. The van der Waals surface area contributed by atoms with E-state index in [4.69, 9.17) is 0 Å². The van der Waals surface area contributed by atoms with Crippen LogP contribution >= 0.6 is 11.8 Å². The predicted octanol–water partition coefficient (Wildman–Crippen LogP) is 6.29. The monoisotopic (exact) mass is 270 g/mol. The maximum absolute atomic E-state index is 2.51. The maximum atomic E-state index is 2.51. The van der Waals surface area contributed by atoms with Crippen LogP contribution in [0.25, 0.3) is 0 Å². The smallest absolute Gasteiger partial charge is 0.0103 e. The standard InChI is InChI=1S/C17H34S/c1-7-16(4,5)18-15-12-10-14(11-13-15)17(6,8-2)9-3/h14-15H,7-13H2,1-6H3. The second kappa shape index (κ2) is 6.68. The van der Waals surface area contributed by atoms with Gasteiger partial charge >= 0.3 is 0 Å². The summed E-state index contributed by atoms with van der Waals surface area (Å²) in [6, 6.07) is 0. The largest absolute Gasteiger partial charge is 0.152 e. The molecule has 0 aromatic heterocycles. The van der Waals surface area contributed by atoms with Crippen LogP contribution in [0.3, 0.4) is 0 Å². The lowest BCUT2D eigenvalue weighted by Crippen LogP contribution is -2.32. The third kappa shape index (κ3) is 4.18. The van der Waals surface area contributed by atoms with E-state index in [1.165, 1.54) is 44.9 Å². The van der Waals surface area contributed by atoms with Crippen LogP contribution in [-0.2, 0) is 0 Å². The van der Waals surface area contributed by atoms with Gasteiger partial charge in [0.1, 0.15) is 0 Å². The first-order valence-electron chi connectivity index (χ1n) is 8.04. The number of rotatable bonds is 6. The van der Waals surface area contributed by atoms with Crippen LogP contribution in [0, 0.1) is 11.3 Å². The Hall–Kier alpha value is 0.350. The molecule has 0 spiro atoms. The molecule has 0 nitrogen and oxygen atoms in total. The summed E-state index contributed by atoms with van der Waals surface area (Å²) < 4.78 is 0.482. The van der Waals surface area contributed by atoms with Crippen molar-refractivity contribution in [3.8, 4) is 0 Å². The summed E-state index contributed by atoms with van der Waals surface area (Å²) in [6.45, 7) is 14.4. The summed E-state index contributed by atoms with van der Waals surface area (Å²) >= 11 is 2.25. The first-order valence-corrected chi connectivity index (χ1v) is 8.92. The van der Waals surface area contributed by atoms with Gasteiger partial charge in [-0.25, -0.2) is 0 Å². The Kier molecular flexibility index (Phi) is 6.09. The molecule has 1 aliphatic rings. The second-order valence-corrected chi connectivity index (χ2v) is 9.07. The number of thioether (sulfide) groups is 1. The van der Waals surface area contributed by atoms with E-state index in [0.29, 0.717) is 10.2 Å². The zero-order chi connectivity index (χ0) is 13.8. The van der Waals surface area contributed by atoms with Crippen molar-refractivity contribution in [3.63, 3.8) is 0 Å².